The van der Waals surface area contributed by atoms with Gasteiger partial charge in [-0.2, -0.15) is 0 Å². The molecule has 2 aliphatic heterocycles. The van der Waals surface area contributed by atoms with Gasteiger partial charge < -0.3 is 20.7 Å². The van der Waals surface area contributed by atoms with Crippen molar-refractivity contribution in [2.24, 2.45) is 0 Å². The first kappa shape index (κ1) is 23.3. The molecular weight excluding hydrogens is 422 g/mol. The van der Waals surface area contributed by atoms with E-state index in [0.29, 0.717) is 23.9 Å². The van der Waals surface area contributed by atoms with Crippen molar-refractivity contribution in [2.75, 3.05) is 39.3 Å². The minimum Gasteiger partial charge on any atom is -0.463 e. The molecule has 0 radical (unpaired) electrons. The van der Waals surface area contributed by atoms with Crippen LogP contribution >= 0.6 is 0 Å². The monoisotopic (exact) mass is 455 g/mol. The lowest BCUT2D eigenvalue weighted by atomic mass is 9.95. The van der Waals surface area contributed by atoms with E-state index in [2.05, 4.69) is 25.8 Å². The Hall–Kier alpha value is -2.91. The predicted molar refractivity (Wildman–Crippen MR) is 123 cm³/mol. The molecule has 2 fully saturated rings. The number of amides is 3. The maximum absolute atomic E-state index is 12.9. The molecule has 1 saturated heterocycles. The number of ether oxygens (including phenoxy) is 1. The molecule has 9 nitrogen and oxygen atoms in total. The number of esters is 1. The third-order valence-electron chi connectivity index (χ3n) is 6.42. The number of nitrogens with one attached hydrogen (secondary N) is 3. The average molecular weight is 456 g/mol. The Kier molecular flexibility index (Phi) is 7.29. The van der Waals surface area contributed by atoms with Crippen LogP contribution in [0.15, 0.2) is 41.6 Å². The van der Waals surface area contributed by atoms with Crippen LogP contribution in [-0.4, -0.2) is 79.1 Å². The first-order valence-corrected chi connectivity index (χ1v) is 11.8. The van der Waals surface area contributed by atoms with Crippen LogP contribution in [0.4, 0.5) is 4.79 Å². The number of benzene rings is 1. The zero-order valence-corrected chi connectivity index (χ0v) is 19.3. The number of urea groups is 1. The van der Waals surface area contributed by atoms with E-state index in [1.54, 1.807) is 6.92 Å². The fourth-order valence-corrected chi connectivity index (χ4v) is 4.34. The Morgan fingerprint density at radius 2 is 1.85 bits per heavy atom. The molecule has 3 N–H and O–H groups in total. The van der Waals surface area contributed by atoms with Crippen LogP contribution in [0.2, 0.25) is 0 Å². The maximum Gasteiger partial charge on any atom is 0.338 e. The van der Waals surface area contributed by atoms with Crippen LogP contribution in [0.1, 0.15) is 38.3 Å². The lowest BCUT2D eigenvalue weighted by Gasteiger charge is -2.38. The van der Waals surface area contributed by atoms with Gasteiger partial charge in [0.2, 0.25) is 5.91 Å². The number of carbonyl (C=O) groups excluding carboxylic acids is 3. The standard InChI is InChI=1S/C24H33N5O4/c1-3-33-23(31)20-19(26-24(32)27-21(20)17-7-5-4-6-8-17)15-28-11-13-29(14-12-28)16(2)22(30)25-18-9-10-18/h4-8,16,18,21H,3,9-15H2,1-2H3,(H,25,30)(H2,26,27,32)/t16-,21+/m0/s1. The minimum absolute atomic E-state index is 0.0922. The van der Waals surface area contributed by atoms with Gasteiger partial charge in [0.05, 0.1) is 24.3 Å². The van der Waals surface area contributed by atoms with Gasteiger partial charge in [0.25, 0.3) is 0 Å². The molecule has 1 aliphatic carbocycles. The number of rotatable bonds is 8. The van der Waals surface area contributed by atoms with E-state index in [1.165, 1.54) is 0 Å². The molecule has 0 aromatic heterocycles. The lowest BCUT2D eigenvalue weighted by molar-refractivity contribution is -0.139. The highest BCUT2D eigenvalue weighted by Gasteiger charge is 2.35. The van der Waals surface area contributed by atoms with Crippen LogP contribution in [0.25, 0.3) is 0 Å². The highest BCUT2D eigenvalue weighted by molar-refractivity contribution is 5.95. The summed E-state index contributed by atoms with van der Waals surface area (Å²) in [6.07, 6.45) is 2.16. The smallest absolute Gasteiger partial charge is 0.338 e. The molecule has 3 amide bonds. The summed E-state index contributed by atoms with van der Waals surface area (Å²) in [4.78, 5) is 42.1. The number of carbonyl (C=O) groups is 3. The number of piperazine rings is 1. The zero-order valence-electron chi connectivity index (χ0n) is 19.3. The first-order valence-electron chi connectivity index (χ1n) is 11.8. The number of nitrogens with zero attached hydrogens (tertiary/aromatic N) is 2. The van der Waals surface area contributed by atoms with Gasteiger partial charge >= 0.3 is 12.0 Å². The predicted octanol–water partition coefficient (Wildman–Crippen LogP) is 1.14. The van der Waals surface area contributed by atoms with E-state index in [1.807, 2.05) is 37.3 Å². The second kappa shape index (κ2) is 10.4. The van der Waals surface area contributed by atoms with Gasteiger partial charge in [-0.05, 0) is 32.3 Å². The van der Waals surface area contributed by atoms with Crippen molar-refractivity contribution in [2.45, 2.75) is 44.8 Å². The van der Waals surface area contributed by atoms with Crippen molar-refractivity contribution in [3.05, 3.63) is 47.2 Å². The Morgan fingerprint density at radius 1 is 1.15 bits per heavy atom. The maximum atomic E-state index is 12.9. The van der Waals surface area contributed by atoms with E-state index < -0.39 is 12.0 Å². The van der Waals surface area contributed by atoms with Crippen molar-refractivity contribution >= 4 is 17.9 Å². The van der Waals surface area contributed by atoms with Gasteiger partial charge in [0, 0.05) is 44.5 Å². The van der Waals surface area contributed by atoms with Crippen molar-refractivity contribution in [3.63, 3.8) is 0 Å². The molecule has 2 atom stereocenters. The summed E-state index contributed by atoms with van der Waals surface area (Å²) in [6.45, 7) is 7.37. The highest BCUT2D eigenvalue weighted by Crippen LogP contribution is 2.28. The lowest BCUT2D eigenvalue weighted by Crippen LogP contribution is -2.55. The molecular formula is C24H33N5O4. The second-order valence-electron chi connectivity index (χ2n) is 8.83. The van der Waals surface area contributed by atoms with Gasteiger partial charge in [-0.25, -0.2) is 9.59 Å². The molecule has 2 heterocycles. The molecule has 4 rings (SSSR count). The van der Waals surface area contributed by atoms with Crippen molar-refractivity contribution in [1.82, 2.24) is 25.8 Å². The van der Waals surface area contributed by atoms with Gasteiger partial charge in [0.1, 0.15) is 0 Å². The van der Waals surface area contributed by atoms with Gasteiger partial charge in [-0.1, -0.05) is 30.3 Å². The molecule has 3 aliphatic rings. The summed E-state index contributed by atoms with van der Waals surface area (Å²) >= 11 is 0. The molecule has 1 aromatic carbocycles. The quantitative estimate of drug-likeness (QED) is 0.508. The largest absolute Gasteiger partial charge is 0.463 e. The third-order valence-corrected chi connectivity index (χ3v) is 6.42. The van der Waals surface area contributed by atoms with Crippen LogP contribution in [-0.2, 0) is 14.3 Å². The SMILES string of the molecule is CCOC(=O)C1=C(CN2CCN([C@@H](C)C(=O)NC3CC3)CC2)NC(=O)N[C@@H]1c1ccccc1. The molecule has 178 valence electrons. The van der Waals surface area contributed by atoms with Crippen LogP contribution in [0.5, 0.6) is 0 Å². The van der Waals surface area contributed by atoms with Gasteiger partial charge in [-0.15, -0.1) is 0 Å². The Morgan fingerprint density at radius 3 is 2.48 bits per heavy atom. The number of hydrogen-bond acceptors (Lipinski definition) is 6. The molecule has 0 unspecified atom stereocenters. The van der Waals surface area contributed by atoms with E-state index in [9.17, 15) is 14.4 Å². The van der Waals surface area contributed by atoms with Gasteiger partial charge in [-0.3, -0.25) is 14.6 Å². The van der Waals surface area contributed by atoms with E-state index in [0.717, 1.165) is 44.6 Å². The van der Waals surface area contributed by atoms with Crippen molar-refractivity contribution in [3.8, 4) is 0 Å². The number of hydrogen-bond donors (Lipinski definition) is 3. The fourth-order valence-electron chi connectivity index (χ4n) is 4.34. The highest BCUT2D eigenvalue weighted by atomic mass is 16.5. The van der Waals surface area contributed by atoms with E-state index >= 15 is 0 Å². The third kappa shape index (κ3) is 5.72. The minimum atomic E-state index is -0.568. The molecule has 0 bridgehead atoms. The van der Waals surface area contributed by atoms with Crippen LogP contribution in [0, 0.1) is 0 Å². The van der Waals surface area contributed by atoms with Gasteiger partial charge in [0.15, 0.2) is 0 Å². The zero-order chi connectivity index (χ0) is 23.4. The summed E-state index contributed by atoms with van der Waals surface area (Å²) in [5, 5.41) is 8.78. The van der Waals surface area contributed by atoms with E-state index in [4.69, 9.17) is 4.74 Å². The average Bonchev–Trinajstić information content (AvgIpc) is 3.63. The normalized spacial score (nSPS) is 22.8. The topological polar surface area (TPSA) is 103 Å². The summed E-state index contributed by atoms with van der Waals surface area (Å²) in [5.41, 5.74) is 1.83. The molecule has 1 aromatic rings. The fraction of sp³-hybridized carbons (Fsp3) is 0.542. The second-order valence-corrected chi connectivity index (χ2v) is 8.83. The summed E-state index contributed by atoms with van der Waals surface area (Å²) in [6, 6.07) is 8.72. The van der Waals surface area contributed by atoms with E-state index in [-0.39, 0.29) is 24.6 Å². The first-order chi connectivity index (χ1) is 16.0. The van der Waals surface area contributed by atoms with Crippen LogP contribution < -0.4 is 16.0 Å². The molecule has 1 saturated carbocycles. The Balaban J connectivity index is 1.46. The molecule has 0 spiro atoms. The van der Waals surface area contributed by atoms with Crippen LogP contribution in [0.3, 0.4) is 0 Å². The Labute approximate surface area is 194 Å². The molecule has 33 heavy (non-hydrogen) atoms. The summed E-state index contributed by atoms with van der Waals surface area (Å²) < 4.78 is 5.34. The Bertz CT molecular complexity index is 907. The summed E-state index contributed by atoms with van der Waals surface area (Å²) in [7, 11) is 0. The van der Waals surface area contributed by atoms with Crippen molar-refractivity contribution in [1.29, 1.82) is 0 Å². The molecule has 9 heteroatoms. The van der Waals surface area contributed by atoms with Crippen molar-refractivity contribution < 1.29 is 19.1 Å². The summed E-state index contributed by atoms with van der Waals surface area (Å²) in [5.74, 6) is -0.340.